The number of hydrogen-bond donors (Lipinski definition) is 1. The highest BCUT2D eigenvalue weighted by Gasteiger charge is 2.16. The van der Waals surface area contributed by atoms with Crippen LogP contribution in [0.15, 0.2) is 60.7 Å². The van der Waals surface area contributed by atoms with Crippen LogP contribution in [0.1, 0.15) is 81.8 Å². The first-order valence-electron chi connectivity index (χ1n) is 13.4. The van der Waals surface area contributed by atoms with Gasteiger partial charge in [0.05, 0.1) is 24.6 Å². The van der Waals surface area contributed by atoms with Gasteiger partial charge in [-0.1, -0.05) is 66.6 Å². The minimum absolute atomic E-state index is 0.298. The van der Waals surface area contributed by atoms with Crippen LogP contribution in [-0.4, -0.2) is 45.1 Å². The standard InChI is InChI=1S/C17H22N2O2.C14H16N2O2/c1-4-10-19-16(17(20)21-5-2)12-15(18-19)11-14-8-6-13(3)7-9-14;1-3-18-14(17)13-9-12(15-16-13)8-11-6-4-10(2)5-7-11/h6-9,12H,4-5,10-11H2,1-3H3;4-7,9H,3,8H2,1-2H3,(H,15,16). The summed E-state index contributed by atoms with van der Waals surface area (Å²) in [6, 6.07) is 20.2. The molecule has 8 nitrogen and oxygen atoms in total. The Labute approximate surface area is 230 Å². The van der Waals surface area contributed by atoms with Crippen LogP contribution in [0.3, 0.4) is 0 Å². The van der Waals surface area contributed by atoms with Gasteiger partial charge in [-0.05, 0) is 57.4 Å². The van der Waals surface area contributed by atoms with Gasteiger partial charge in [-0.3, -0.25) is 9.78 Å². The summed E-state index contributed by atoms with van der Waals surface area (Å²) in [7, 11) is 0. The quantitative estimate of drug-likeness (QED) is 0.258. The van der Waals surface area contributed by atoms with Crippen molar-refractivity contribution in [2.75, 3.05) is 13.2 Å². The van der Waals surface area contributed by atoms with E-state index in [2.05, 4.69) is 84.6 Å². The monoisotopic (exact) mass is 530 g/mol. The van der Waals surface area contributed by atoms with Crippen LogP contribution in [0, 0.1) is 13.8 Å². The summed E-state index contributed by atoms with van der Waals surface area (Å²) in [6.45, 7) is 11.2. The lowest BCUT2D eigenvalue weighted by Crippen LogP contribution is -2.13. The Morgan fingerprint density at radius 3 is 1.85 bits per heavy atom. The van der Waals surface area contributed by atoms with Crippen molar-refractivity contribution >= 4 is 11.9 Å². The second-order valence-electron chi connectivity index (χ2n) is 9.28. The van der Waals surface area contributed by atoms with Crippen LogP contribution in [0.2, 0.25) is 0 Å². The van der Waals surface area contributed by atoms with Gasteiger partial charge in [0.25, 0.3) is 0 Å². The summed E-state index contributed by atoms with van der Waals surface area (Å²) in [5, 5.41) is 11.3. The maximum Gasteiger partial charge on any atom is 0.356 e. The smallest absolute Gasteiger partial charge is 0.356 e. The van der Waals surface area contributed by atoms with E-state index in [0.29, 0.717) is 31.0 Å². The zero-order valence-corrected chi connectivity index (χ0v) is 23.5. The molecule has 0 aliphatic heterocycles. The number of rotatable bonds is 10. The average Bonchev–Trinajstić information content (AvgIpc) is 3.55. The number of aromatic nitrogens is 4. The number of H-pyrrole nitrogens is 1. The number of nitrogens with zero attached hydrogens (tertiary/aromatic N) is 3. The number of aryl methyl sites for hydroxylation is 3. The Morgan fingerprint density at radius 2 is 1.31 bits per heavy atom. The summed E-state index contributed by atoms with van der Waals surface area (Å²) in [4.78, 5) is 23.4. The number of ether oxygens (including phenoxy) is 2. The summed E-state index contributed by atoms with van der Waals surface area (Å²) < 4.78 is 11.7. The van der Waals surface area contributed by atoms with E-state index in [1.165, 1.54) is 22.3 Å². The molecule has 0 aliphatic rings. The van der Waals surface area contributed by atoms with Crippen molar-refractivity contribution in [2.45, 2.75) is 60.4 Å². The van der Waals surface area contributed by atoms with Gasteiger partial charge in [0.15, 0.2) is 0 Å². The molecule has 2 heterocycles. The van der Waals surface area contributed by atoms with Crippen LogP contribution in [0.5, 0.6) is 0 Å². The van der Waals surface area contributed by atoms with Crippen molar-refractivity contribution in [2.24, 2.45) is 0 Å². The minimum atomic E-state index is -0.361. The first-order chi connectivity index (χ1) is 18.8. The molecule has 8 heteroatoms. The maximum atomic E-state index is 12.0. The fourth-order valence-electron chi connectivity index (χ4n) is 3.91. The van der Waals surface area contributed by atoms with Crippen molar-refractivity contribution in [3.8, 4) is 0 Å². The number of aromatic amines is 1. The molecule has 0 unspecified atom stereocenters. The number of nitrogens with one attached hydrogen (secondary N) is 1. The third-order valence-electron chi connectivity index (χ3n) is 5.89. The number of benzene rings is 2. The van der Waals surface area contributed by atoms with Gasteiger partial charge in [-0.2, -0.15) is 10.2 Å². The molecule has 4 aromatic rings. The highest BCUT2D eigenvalue weighted by Crippen LogP contribution is 2.14. The Morgan fingerprint density at radius 1 is 0.769 bits per heavy atom. The molecule has 0 atom stereocenters. The molecule has 0 radical (unpaired) electrons. The van der Waals surface area contributed by atoms with Crippen LogP contribution in [-0.2, 0) is 28.9 Å². The predicted octanol–water partition coefficient (Wildman–Crippen LogP) is 5.85. The normalized spacial score (nSPS) is 10.5. The van der Waals surface area contributed by atoms with E-state index in [0.717, 1.165) is 30.8 Å². The Hall–Kier alpha value is -4.20. The van der Waals surface area contributed by atoms with Crippen molar-refractivity contribution < 1.29 is 19.1 Å². The van der Waals surface area contributed by atoms with Gasteiger partial charge in [0.2, 0.25) is 0 Å². The van der Waals surface area contributed by atoms with E-state index in [1.54, 1.807) is 17.7 Å². The summed E-state index contributed by atoms with van der Waals surface area (Å²) in [5.41, 5.74) is 7.51. The molecule has 0 amide bonds. The molecule has 2 aromatic heterocycles. The fourth-order valence-corrected chi connectivity index (χ4v) is 3.91. The number of hydrogen-bond acceptors (Lipinski definition) is 6. The van der Waals surface area contributed by atoms with Crippen LogP contribution >= 0.6 is 0 Å². The van der Waals surface area contributed by atoms with E-state index in [4.69, 9.17) is 9.47 Å². The number of carbonyl (C=O) groups excluding carboxylic acids is 2. The Kier molecular flexibility index (Phi) is 11.0. The van der Waals surface area contributed by atoms with Crippen molar-refractivity contribution in [3.63, 3.8) is 0 Å². The Balaban J connectivity index is 0.000000218. The maximum absolute atomic E-state index is 12.0. The first-order valence-corrected chi connectivity index (χ1v) is 13.4. The fraction of sp³-hybridized carbons (Fsp3) is 0.355. The van der Waals surface area contributed by atoms with Crippen molar-refractivity contribution in [1.29, 1.82) is 0 Å². The van der Waals surface area contributed by atoms with Gasteiger partial charge in [-0.15, -0.1) is 0 Å². The van der Waals surface area contributed by atoms with Crippen molar-refractivity contribution in [1.82, 2.24) is 20.0 Å². The minimum Gasteiger partial charge on any atom is -0.461 e. The van der Waals surface area contributed by atoms with Crippen molar-refractivity contribution in [3.05, 3.63) is 106 Å². The van der Waals surface area contributed by atoms with Crippen LogP contribution in [0.4, 0.5) is 0 Å². The predicted molar refractivity (Wildman–Crippen MR) is 151 cm³/mol. The lowest BCUT2D eigenvalue weighted by Gasteiger charge is -2.04. The molecule has 0 spiro atoms. The van der Waals surface area contributed by atoms with E-state index < -0.39 is 0 Å². The molecule has 0 aliphatic carbocycles. The Bertz CT molecular complexity index is 1340. The van der Waals surface area contributed by atoms with E-state index in [1.807, 2.05) is 13.0 Å². The van der Waals surface area contributed by atoms with Gasteiger partial charge < -0.3 is 9.47 Å². The molecule has 4 rings (SSSR count). The molecule has 0 fully saturated rings. The molecule has 0 saturated heterocycles. The van der Waals surface area contributed by atoms with E-state index in [9.17, 15) is 9.59 Å². The molecule has 39 heavy (non-hydrogen) atoms. The van der Waals surface area contributed by atoms with Gasteiger partial charge in [0, 0.05) is 19.4 Å². The lowest BCUT2D eigenvalue weighted by molar-refractivity contribution is 0.0505. The molecule has 0 saturated carbocycles. The average molecular weight is 531 g/mol. The second kappa shape index (κ2) is 14.7. The first kappa shape index (κ1) is 29.4. The zero-order valence-electron chi connectivity index (χ0n) is 23.5. The van der Waals surface area contributed by atoms with E-state index >= 15 is 0 Å². The van der Waals surface area contributed by atoms with Crippen LogP contribution < -0.4 is 0 Å². The largest absolute Gasteiger partial charge is 0.461 e. The highest BCUT2D eigenvalue weighted by molar-refractivity contribution is 5.88. The summed E-state index contributed by atoms with van der Waals surface area (Å²) in [6.07, 6.45) is 2.36. The van der Waals surface area contributed by atoms with Crippen LogP contribution in [0.25, 0.3) is 0 Å². The van der Waals surface area contributed by atoms with Gasteiger partial charge in [0.1, 0.15) is 11.4 Å². The van der Waals surface area contributed by atoms with Gasteiger partial charge in [-0.25, -0.2) is 9.59 Å². The molecule has 2 aromatic carbocycles. The number of esters is 2. The molecule has 1 N–H and O–H groups in total. The molecule has 206 valence electrons. The van der Waals surface area contributed by atoms with Gasteiger partial charge >= 0.3 is 11.9 Å². The molecular weight excluding hydrogens is 492 g/mol. The third-order valence-corrected chi connectivity index (χ3v) is 5.89. The molecular formula is C31H38N4O4. The molecule has 0 bridgehead atoms. The lowest BCUT2D eigenvalue weighted by atomic mass is 10.1. The number of carbonyl (C=O) groups is 2. The SMILES string of the molecule is CCCn1nc(Cc2ccc(C)cc2)cc1C(=O)OCC.CCOC(=O)c1cc(Cc2ccc(C)cc2)n[nH]1. The second-order valence-corrected chi connectivity index (χ2v) is 9.28. The topological polar surface area (TPSA) is 99.1 Å². The third kappa shape index (κ3) is 8.95. The zero-order chi connectivity index (χ0) is 28.2. The highest BCUT2D eigenvalue weighted by atomic mass is 16.5. The summed E-state index contributed by atoms with van der Waals surface area (Å²) in [5.74, 6) is -0.659. The summed E-state index contributed by atoms with van der Waals surface area (Å²) >= 11 is 0. The van der Waals surface area contributed by atoms with E-state index in [-0.39, 0.29) is 11.9 Å².